The SMILES string of the molecule is CC(=O)c1cccc(NC(=O)c2ccnc(NCCCN(C)C)n2)c1. The van der Waals surface area contributed by atoms with Gasteiger partial charge in [0.2, 0.25) is 5.95 Å². The molecule has 0 saturated heterocycles. The van der Waals surface area contributed by atoms with Crippen LogP contribution in [0.15, 0.2) is 36.5 Å². The normalized spacial score (nSPS) is 10.6. The van der Waals surface area contributed by atoms with Crippen LogP contribution in [0.5, 0.6) is 0 Å². The molecule has 0 radical (unpaired) electrons. The average molecular weight is 341 g/mol. The van der Waals surface area contributed by atoms with Crippen molar-refractivity contribution in [3.63, 3.8) is 0 Å². The molecule has 1 amide bonds. The van der Waals surface area contributed by atoms with E-state index >= 15 is 0 Å². The molecule has 0 bridgehead atoms. The number of ketones is 1. The molecule has 0 atom stereocenters. The van der Waals surface area contributed by atoms with Gasteiger partial charge in [0.05, 0.1) is 0 Å². The van der Waals surface area contributed by atoms with E-state index in [1.54, 1.807) is 36.5 Å². The third-order valence-electron chi connectivity index (χ3n) is 3.48. The quantitative estimate of drug-likeness (QED) is 0.566. The smallest absolute Gasteiger partial charge is 0.274 e. The van der Waals surface area contributed by atoms with Gasteiger partial charge in [0.25, 0.3) is 5.91 Å². The second-order valence-corrected chi connectivity index (χ2v) is 5.94. The lowest BCUT2D eigenvalue weighted by Gasteiger charge is -2.10. The summed E-state index contributed by atoms with van der Waals surface area (Å²) in [4.78, 5) is 34.2. The molecule has 7 heteroatoms. The summed E-state index contributed by atoms with van der Waals surface area (Å²) in [7, 11) is 4.03. The van der Waals surface area contributed by atoms with Gasteiger partial charge in [0.15, 0.2) is 5.78 Å². The molecule has 2 N–H and O–H groups in total. The molecule has 0 spiro atoms. The minimum Gasteiger partial charge on any atom is -0.354 e. The van der Waals surface area contributed by atoms with Crippen molar-refractivity contribution in [1.82, 2.24) is 14.9 Å². The fourth-order valence-corrected chi connectivity index (χ4v) is 2.18. The molecule has 2 rings (SSSR count). The van der Waals surface area contributed by atoms with E-state index in [2.05, 4.69) is 25.5 Å². The molecular formula is C18H23N5O2. The van der Waals surface area contributed by atoms with Crippen molar-refractivity contribution in [1.29, 1.82) is 0 Å². The average Bonchev–Trinajstić information content (AvgIpc) is 2.59. The van der Waals surface area contributed by atoms with Crippen LogP contribution in [-0.2, 0) is 0 Å². The molecule has 0 saturated carbocycles. The van der Waals surface area contributed by atoms with Gasteiger partial charge in [-0.2, -0.15) is 0 Å². The van der Waals surface area contributed by atoms with Crippen LogP contribution < -0.4 is 10.6 Å². The first-order valence-electron chi connectivity index (χ1n) is 8.09. The Labute approximate surface area is 147 Å². The van der Waals surface area contributed by atoms with Gasteiger partial charge in [-0.05, 0) is 52.2 Å². The van der Waals surface area contributed by atoms with Crippen LogP contribution >= 0.6 is 0 Å². The Morgan fingerprint density at radius 2 is 2.00 bits per heavy atom. The van der Waals surface area contributed by atoms with Gasteiger partial charge in [-0.15, -0.1) is 0 Å². The van der Waals surface area contributed by atoms with Gasteiger partial charge in [0.1, 0.15) is 5.69 Å². The van der Waals surface area contributed by atoms with E-state index in [9.17, 15) is 9.59 Å². The number of benzene rings is 1. The summed E-state index contributed by atoms with van der Waals surface area (Å²) < 4.78 is 0. The summed E-state index contributed by atoms with van der Waals surface area (Å²) >= 11 is 0. The molecule has 0 aliphatic carbocycles. The second-order valence-electron chi connectivity index (χ2n) is 5.94. The lowest BCUT2D eigenvalue weighted by Crippen LogP contribution is -2.18. The summed E-state index contributed by atoms with van der Waals surface area (Å²) in [5.41, 5.74) is 1.36. The number of rotatable bonds is 8. The first-order chi connectivity index (χ1) is 12.0. The van der Waals surface area contributed by atoms with E-state index in [-0.39, 0.29) is 17.4 Å². The van der Waals surface area contributed by atoms with Gasteiger partial charge in [0, 0.05) is 24.0 Å². The molecule has 0 unspecified atom stereocenters. The maximum Gasteiger partial charge on any atom is 0.274 e. The molecule has 0 fully saturated rings. The number of amides is 1. The van der Waals surface area contributed by atoms with Crippen molar-refractivity contribution in [2.75, 3.05) is 37.8 Å². The van der Waals surface area contributed by atoms with Crippen LogP contribution in [0.1, 0.15) is 34.2 Å². The first-order valence-corrected chi connectivity index (χ1v) is 8.09. The number of nitrogens with one attached hydrogen (secondary N) is 2. The zero-order valence-corrected chi connectivity index (χ0v) is 14.7. The van der Waals surface area contributed by atoms with Gasteiger partial charge in [-0.25, -0.2) is 9.97 Å². The Hall–Kier alpha value is -2.80. The van der Waals surface area contributed by atoms with Crippen molar-refractivity contribution in [3.05, 3.63) is 47.8 Å². The Morgan fingerprint density at radius 1 is 1.20 bits per heavy atom. The van der Waals surface area contributed by atoms with Crippen molar-refractivity contribution in [3.8, 4) is 0 Å². The molecule has 132 valence electrons. The van der Waals surface area contributed by atoms with Crippen LogP contribution in [0.4, 0.5) is 11.6 Å². The zero-order valence-electron chi connectivity index (χ0n) is 14.7. The van der Waals surface area contributed by atoms with E-state index < -0.39 is 0 Å². The van der Waals surface area contributed by atoms with E-state index in [0.717, 1.165) is 19.5 Å². The summed E-state index contributed by atoms with van der Waals surface area (Å²) in [5, 5.41) is 5.86. The monoisotopic (exact) mass is 341 g/mol. The Balaban J connectivity index is 1.98. The molecule has 2 aromatic rings. The number of carbonyl (C=O) groups is 2. The standard InChI is InChI=1S/C18H23N5O2/c1-13(24)14-6-4-7-15(12-14)21-17(25)16-8-10-20-18(22-16)19-9-5-11-23(2)3/h4,6-8,10,12H,5,9,11H2,1-3H3,(H,21,25)(H,19,20,22). The minimum atomic E-state index is -0.348. The molecular weight excluding hydrogens is 318 g/mol. The molecule has 0 aliphatic rings. The van der Waals surface area contributed by atoms with E-state index in [0.29, 0.717) is 17.2 Å². The predicted molar refractivity (Wildman–Crippen MR) is 98.1 cm³/mol. The second kappa shape index (κ2) is 8.89. The fourth-order valence-electron chi connectivity index (χ4n) is 2.18. The summed E-state index contributed by atoms with van der Waals surface area (Å²) in [6.07, 6.45) is 2.49. The molecule has 1 heterocycles. The number of aromatic nitrogens is 2. The van der Waals surface area contributed by atoms with E-state index in [1.165, 1.54) is 6.92 Å². The number of hydrogen-bond acceptors (Lipinski definition) is 6. The lowest BCUT2D eigenvalue weighted by molar-refractivity contribution is 0.100. The highest BCUT2D eigenvalue weighted by molar-refractivity contribution is 6.04. The van der Waals surface area contributed by atoms with Crippen molar-refractivity contribution < 1.29 is 9.59 Å². The van der Waals surface area contributed by atoms with Crippen LogP contribution in [0.2, 0.25) is 0 Å². The highest BCUT2D eigenvalue weighted by Crippen LogP contribution is 2.12. The van der Waals surface area contributed by atoms with Crippen molar-refractivity contribution in [2.45, 2.75) is 13.3 Å². The zero-order chi connectivity index (χ0) is 18.2. The van der Waals surface area contributed by atoms with Crippen molar-refractivity contribution >= 4 is 23.3 Å². The maximum atomic E-state index is 12.3. The van der Waals surface area contributed by atoms with Crippen LogP contribution in [0, 0.1) is 0 Å². The van der Waals surface area contributed by atoms with Crippen LogP contribution in [0.25, 0.3) is 0 Å². The number of Topliss-reactive ketones (excluding diaryl/α,β-unsaturated/α-hetero) is 1. The van der Waals surface area contributed by atoms with Gasteiger partial charge >= 0.3 is 0 Å². The summed E-state index contributed by atoms with van der Waals surface area (Å²) in [6, 6.07) is 8.35. The largest absolute Gasteiger partial charge is 0.354 e. The molecule has 0 aliphatic heterocycles. The van der Waals surface area contributed by atoms with Crippen LogP contribution in [0.3, 0.4) is 0 Å². The third kappa shape index (κ3) is 5.96. The van der Waals surface area contributed by atoms with E-state index in [4.69, 9.17) is 0 Å². The molecule has 1 aromatic heterocycles. The Morgan fingerprint density at radius 3 is 2.72 bits per heavy atom. The number of nitrogens with zero attached hydrogens (tertiary/aromatic N) is 3. The first kappa shape index (κ1) is 18.5. The van der Waals surface area contributed by atoms with E-state index in [1.807, 2.05) is 14.1 Å². The minimum absolute atomic E-state index is 0.0534. The Kier molecular flexibility index (Phi) is 6.59. The molecule has 1 aromatic carbocycles. The summed E-state index contributed by atoms with van der Waals surface area (Å²) in [6.45, 7) is 3.17. The van der Waals surface area contributed by atoms with Crippen molar-refractivity contribution in [2.24, 2.45) is 0 Å². The maximum absolute atomic E-state index is 12.3. The predicted octanol–water partition coefficient (Wildman–Crippen LogP) is 2.30. The summed E-state index contributed by atoms with van der Waals surface area (Å²) in [5.74, 6) is 0.0191. The highest BCUT2D eigenvalue weighted by Gasteiger charge is 2.10. The third-order valence-corrected chi connectivity index (χ3v) is 3.48. The molecule has 7 nitrogen and oxygen atoms in total. The Bertz CT molecular complexity index is 746. The van der Waals surface area contributed by atoms with Crippen LogP contribution in [-0.4, -0.2) is 53.7 Å². The van der Waals surface area contributed by atoms with Gasteiger partial charge in [-0.3, -0.25) is 9.59 Å². The number of carbonyl (C=O) groups excluding carboxylic acids is 2. The van der Waals surface area contributed by atoms with Gasteiger partial charge < -0.3 is 15.5 Å². The number of hydrogen-bond donors (Lipinski definition) is 2. The lowest BCUT2D eigenvalue weighted by atomic mass is 10.1. The fraction of sp³-hybridized carbons (Fsp3) is 0.333. The number of anilines is 2. The topological polar surface area (TPSA) is 87.2 Å². The van der Waals surface area contributed by atoms with Gasteiger partial charge in [-0.1, -0.05) is 12.1 Å². The highest BCUT2D eigenvalue weighted by atomic mass is 16.2. The molecule has 25 heavy (non-hydrogen) atoms.